The van der Waals surface area contributed by atoms with Crippen molar-refractivity contribution in [3.05, 3.63) is 34.9 Å². The van der Waals surface area contributed by atoms with Crippen LogP contribution in [0.2, 0.25) is 5.02 Å². The number of thioether (sulfide) groups is 1. The standard InChI is InChI=1S/C14H20ClNOS/c1-11-10-16(8-9-18-11)7-6-14(17)12-2-4-13(15)5-3-12/h2-5,11,14,17H,6-10H2,1H3. The molecule has 0 aliphatic carbocycles. The molecule has 2 atom stereocenters. The van der Waals surface area contributed by atoms with Gasteiger partial charge in [-0.3, -0.25) is 0 Å². The summed E-state index contributed by atoms with van der Waals surface area (Å²) in [6, 6.07) is 7.47. The van der Waals surface area contributed by atoms with Crippen molar-refractivity contribution in [1.29, 1.82) is 0 Å². The first kappa shape index (κ1) is 14.2. The number of rotatable bonds is 4. The highest BCUT2D eigenvalue weighted by Gasteiger charge is 2.17. The third-order valence-corrected chi connectivity index (χ3v) is 4.69. The van der Waals surface area contributed by atoms with Gasteiger partial charge in [-0.2, -0.15) is 11.8 Å². The third-order valence-electron chi connectivity index (χ3n) is 3.30. The maximum atomic E-state index is 10.1. The fourth-order valence-corrected chi connectivity index (χ4v) is 3.46. The van der Waals surface area contributed by atoms with Crippen LogP contribution in [0.1, 0.15) is 25.0 Å². The van der Waals surface area contributed by atoms with Crippen molar-refractivity contribution in [1.82, 2.24) is 4.90 Å². The van der Waals surface area contributed by atoms with Gasteiger partial charge in [-0.05, 0) is 24.1 Å². The Hall–Kier alpha value is -0.220. The molecule has 1 aliphatic heterocycles. The predicted octanol–water partition coefficient (Wildman–Crippen LogP) is 3.20. The summed E-state index contributed by atoms with van der Waals surface area (Å²) in [6.07, 6.45) is 0.408. The van der Waals surface area contributed by atoms with Crippen molar-refractivity contribution < 1.29 is 5.11 Å². The fraction of sp³-hybridized carbons (Fsp3) is 0.571. The zero-order valence-corrected chi connectivity index (χ0v) is 12.3. The first-order chi connectivity index (χ1) is 8.65. The molecule has 1 fully saturated rings. The lowest BCUT2D eigenvalue weighted by atomic mass is 10.1. The number of nitrogens with zero attached hydrogens (tertiary/aromatic N) is 1. The Kier molecular flexibility index (Phi) is 5.37. The highest BCUT2D eigenvalue weighted by atomic mass is 35.5. The maximum Gasteiger partial charge on any atom is 0.0802 e. The molecule has 1 N–H and O–H groups in total. The number of aliphatic hydroxyl groups is 1. The number of halogens is 1. The SMILES string of the molecule is CC1CN(CCC(O)c2ccc(Cl)cc2)CCS1. The fourth-order valence-electron chi connectivity index (χ4n) is 2.25. The molecule has 1 aromatic carbocycles. The molecule has 2 nitrogen and oxygen atoms in total. The molecule has 0 aromatic heterocycles. The lowest BCUT2D eigenvalue weighted by Gasteiger charge is -2.31. The molecule has 2 unspecified atom stereocenters. The van der Waals surface area contributed by atoms with E-state index < -0.39 is 0 Å². The molecule has 1 aliphatic rings. The first-order valence-electron chi connectivity index (χ1n) is 6.42. The molecule has 0 radical (unpaired) electrons. The van der Waals surface area contributed by atoms with Crippen LogP contribution in [0.15, 0.2) is 24.3 Å². The van der Waals surface area contributed by atoms with E-state index in [0.717, 1.165) is 31.6 Å². The minimum Gasteiger partial charge on any atom is -0.388 e. The van der Waals surface area contributed by atoms with E-state index in [-0.39, 0.29) is 6.10 Å². The van der Waals surface area contributed by atoms with Gasteiger partial charge in [0.05, 0.1) is 6.10 Å². The largest absolute Gasteiger partial charge is 0.388 e. The molecule has 2 rings (SSSR count). The van der Waals surface area contributed by atoms with Gasteiger partial charge in [0.2, 0.25) is 0 Å². The number of hydrogen-bond acceptors (Lipinski definition) is 3. The molecule has 1 heterocycles. The molecular formula is C14H20ClNOS. The van der Waals surface area contributed by atoms with Crippen LogP contribution in [0.25, 0.3) is 0 Å². The zero-order chi connectivity index (χ0) is 13.0. The van der Waals surface area contributed by atoms with E-state index in [9.17, 15) is 5.11 Å². The van der Waals surface area contributed by atoms with Crippen molar-refractivity contribution in [2.24, 2.45) is 0 Å². The average Bonchev–Trinajstić information content (AvgIpc) is 2.37. The molecule has 1 saturated heterocycles. The minimum absolute atomic E-state index is 0.382. The van der Waals surface area contributed by atoms with E-state index in [4.69, 9.17) is 11.6 Å². The van der Waals surface area contributed by atoms with Crippen LogP contribution in [0.4, 0.5) is 0 Å². The highest BCUT2D eigenvalue weighted by Crippen LogP contribution is 2.22. The third kappa shape index (κ3) is 4.16. The number of hydrogen-bond donors (Lipinski definition) is 1. The topological polar surface area (TPSA) is 23.5 Å². The van der Waals surface area contributed by atoms with Crippen LogP contribution in [0.3, 0.4) is 0 Å². The van der Waals surface area contributed by atoms with Crippen LogP contribution in [0, 0.1) is 0 Å². The van der Waals surface area contributed by atoms with Crippen molar-refractivity contribution in [3.63, 3.8) is 0 Å². The summed E-state index contributed by atoms with van der Waals surface area (Å²) in [5.41, 5.74) is 0.957. The van der Waals surface area contributed by atoms with Gasteiger partial charge >= 0.3 is 0 Å². The van der Waals surface area contributed by atoms with Crippen molar-refractivity contribution >= 4 is 23.4 Å². The van der Waals surface area contributed by atoms with Crippen molar-refractivity contribution in [3.8, 4) is 0 Å². The monoisotopic (exact) mass is 285 g/mol. The molecule has 0 spiro atoms. The van der Waals surface area contributed by atoms with Gasteiger partial charge in [-0.15, -0.1) is 0 Å². The van der Waals surface area contributed by atoms with Crippen LogP contribution < -0.4 is 0 Å². The van der Waals surface area contributed by atoms with Gasteiger partial charge < -0.3 is 10.0 Å². The molecule has 0 saturated carbocycles. The van der Waals surface area contributed by atoms with Gasteiger partial charge in [0.1, 0.15) is 0 Å². The van der Waals surface area contributed by atoms with E-state index in [1.165, 1.54) is 5.75 Å². The normalized spacial score (nSPS) is 22.9. The van der Waals surface area contributed by atoms with E-state index in [1.54, 1.807) is 0 Å². The van der Waals surface area contributed by atoms with Gasteiger partial charge in [0.25, 0.3) is 0 Å². The molecule has 4 heteroatoms. The zero-order valence-electron chi connectivity index (χ0n) is 10.7. The molecule has 1 aromatic rings. The van der Waals surface area contributed by atoms with E-state index >= 15 is 0 Å². The lowest BCUT2D eigenvalue weighted by Crippen LogP contribution is -2.37. The van der Waals surface area contributed by atoms with E-state index in [2.05, 4.69) is 11.8 Å². The molecule has 18 heavy (non-hydrogen) atoms. The summed E-state index contributed by atoms with van der Waals surface area (Å²) in [5, 5.41) is 11.6. The van der Waals surface area contributed by atoms with Gasteiger partial charge in [0, 0.05) is 35.7 Å². The second-order valence-electron chi connectivity index (χ2n) is 4.84. The Morgan fingerprint density at radius 1 is 1.44 bits per heavy atom. The van der Waals surface area contributed by atoms with Crippen LogP contribution in [0.5, 0.6) is 0 Å². The lowest BCUT2D eigenvalue weighted by molar-refractivity contribution is 0.143. The molecule has 0 bridgehead atoms. The van der Waals surface area contributed by atoms with Gasteiger partial charge in [-0.1, -0.05) is 30.7 Å². The second kappa shape index (κ2) is 6.80. The number of benzene rings is 1. The summed E-state index contributed by atoms with van der Waals surface area (Å²) in [7, 11) is 0. The number of aliphatic hydroxyl groups excluding tert-OH is 1. The summed E-state index contributed by atoms with van der Waals surface area (Å²) < 4.78 is 0. The Morgan fingerprint density at radius 3 is 2.83 bits per heavy atom. The summed E-state index contributed by atoms with van der Waals surface area (Å²) >= 11 is 7.87. The molecule has 100 valence electrons. The Morgan fingerprint density at radius 2 is 2.17 bits per heavy atom. The minimum atomic E-state index is -0.382. The summed E-state index contributed by atoms with van der Waals surface area (Å²) in [6.45, 7) is 5.52. The summed E-state index contributed by atoms with van der Waals surface area (Å²) in [5.74, 6) is 1.21. The molecular weight excluding hydrogens is 266 g/mol. The van der Waals surface area contributed by atoms with Crippen molar-refractivity contribution in [2.75, 3.05) is 25.4 Å². The predicted molar refractivity (Wildman–Crippen MR) is 79.4 cm³/mol. The highest BCUT2D eigenvalue weighted by molar-refractivity contribution is 7.99. The Bertz CT molecular complexity index is 371. The smallest absolute Gasteiger partial charge is 0.0802 e. The van der Waals surface area contributed by atoms with Crippen LogP contribution in [-0.4, -0.2) is 40.6 Å². The summed E-state index contributed by atoms with van der Waals surface area (Å²) in [4.78, 5) is 2.44. The Labute approximate surface area is 118 Å². The van der Waals surface area contributed by atoms with E-state index in [1.807, 2.05) is 36.0 Å². The quantitative estimate of drug-likeness (QED) is 0.919. The van der Waals surface area contributed by atoms with Gasteiger partial charge in [-0.25, -0.2) is 0 Å². The van der Waals surface area contributed by atoms with Crippen molar-refractivity contribution in [2.45, 2.75) is 24.7 Å². The van der Waals surface area contributed by atoms with Crippen LogP contribution in [-0.2, 0) is 0 Å². The van der Waals surface area contributed by atoms with Crippen LogP contribution >= 0.6 is 23.4 Å². The van der Waals surface area contributed by atoms with Gasteiger partial charge in [0.15, 0.2) is 0 Å². The van der Waals surface area contributed by atoms with E-state index in [0.29, 0.717) is 10.3 Å². The average molecular weight is 286 g/mol. The molecule has 0 amide bonds. The second-order valence-corrected chi connectivity index (χ2v) is 6.82. The first-order valence-corrected chi connectivity index (χ1v) is 7.85. The maximum absolute atomic E-state index is 10.1. The Balaban J connectivity index is 1.80.